The molecule has 2 heterocycles. The molecule has 1 aliphatic rings. The standard InChI is InChI=1S/C19H25N3O/c1-20-13-15-7-6-12-22(14-15)19(23)18-11-10-17(21(18)2)16-8-4-3-5-9-16/h3-5,8-11,15,20H,6-7,12-14H2,1-2H3. The zero-order chi connectivity index (χ0) is 16.2. The molecule has 1 aromatic carbocycles. The SMILES string of the molecule is CNCC1CCCN(C(=O)c2ccc(-c3ccccc3)n2C)C1. The van der Waals surface area contributed by atoms with E-state index in [1.54, 1.807) is 0 Å². The van der Waals surface area contributed by atoms with Crippen LogP contribution in [0, 0.1) is 5.92 Å². The van der Waals surface area contributed by atoms with E-state index in [2.05, 4.69) is 17.4 Å². The highest BCUT2D eigenvalue weighted by Crippen LogP contribution is 2.24. The highest BCUT2D eigenvalue weighted by Gasteiger charge is 2.26. The first kappa shape index (κ1) is 15.8. The van der Waals surface area contributed by atoms with Gasteiger partial charge < -0.3 is 14.8 Å². The van der Waals surface area contributed by atoms with Crippen molar-refractivity contribution < 1.29 is 4.79 Å². The summed E-state index contributed by atoms with van der Waals surface area (Å²) in [6.45, 7) is 2.70. The summed E-state index contributed by atoms with van der Waals surface area (Å²) in [4.78, 5) is 14.9. The van der Waals surface area contributed by atoms with Crippen LogP contribution in [0.1, 0.15) is 23.3 Å². The van der Waals surface area contributed by atoms with E-state index in [1.165, 1.54) is 6.42 Å². The molecule has 1 fully saturated rings. The van der Waals surface area contributed by atoms with Crippen LogP contribution < -0.4 is 5.32 Å². The molecule has 0 spiro atoms. The molecule has 2 aromatic rings. The lowest BCUT2D eigenvalue weighted by molar-refractivity contribution is 0.0665. The molecule has 1 amide bonds. The van der Waals surface area contributed by atoms with Crippen molar-refractivity contribution in [2.24, 2.45) is 13.0 Å². The molecule has 23 heavy (non-hydrogen) atoms. The third kappa shape index (κ3) is 3.32. The molecule has 0 radical (unpaired) electrons. The number of amides is 1. The Balaban J connectivity index is 1.79. The molecule has 1 aromatic heterocycles. The first-order valence-electron chi connectivity index (χ1n) is 8.35. The minimum absolute atomic E-state index is 0.149. The van der Waals surface area contributed by atoms with Crippen LogP contribution in [-0.4, -0.2) is 42.1 Å². The lowest BCUT2D eigenvalue weighted by Crippen LogP contribution is -2.43. The van der Waals surface area contributed by atoms with Gasteiger partial charge in [0.2, 0.25) is 0 Å². The van der Waals surface area contributed by atoms with Crippen molar-refractivity contribution in [2.45, 2.75) is 12.8 Å². The Bertz CT molecular complexity index is 661. The van der Waals surface area contributed by atoms with E-state index in [1.807, 2.05) is 53.9 Å². The number of nitrogens with one attached hydrogen (secondary N) is 1. The van der Waals surface area contributed by atoms with Gasteiger partial charge in [-0.15, -0.1) is 0 Å². The summed E-state index contributed by atoms with van der Waals surface area (Å²) >= 11 is 0. The van der Waals surface area contributed by atoms with Crippen LogP contribution in [0.2, 0.25) is 0 Å². The second kappa shape index (κ2) is 7.01. The van der Waals surface area contributed by atoms with Gasteiger partial charge in [0.1, 0.15) is 5.69 Å². The molecule has 0 aliphatic carbocycles. The minimum atomic E-state index is 0.149. The zero-order valence-corrected chi connectivity index (χ0v) is 14.0. The van der Waals surface area contributed by atoms with Crippen LogP contribution in [0.4, 0.5) is 0 Å². The number of carbonyl (C=O) groups is 1. The number of likely N-dealkylation sites (tertiary alicyclic amines) is 1. The van der Waals surface area contributed by atoms with Gasteiger partial charge >= 0.3 is 0 Å². The minimum Gasteiger partial charge on any atom is -0.340 e. The maximum atomic E-state index is 12.9. The molecule has 1 unspecified atom stereocenters. The zero-order valence-electron chi connectivity index (χ0n) is 14.0. The second-order valence-corrected chi connectivity index (χ2v) is 6.35. The fourth-order valence-electron chi connectivity index (χ4n) is 3.49. The summed E-state index contributed by atoms with van der Waals surface area (Å²) in [7, 11) is 3.95. The Morgan fingerprint density at radius 2 is 2.00 bits per heavy atom. The normalized spacial score (nSPS) is 18.2. The van der Waals surface area contributed by atoms with Gasteiger partial charge in [0, 0.05) is 25.8 Å². The molecule has 1 saturated heterocycles. The summed E-state index contributed by atoms with van der Waals surface area (Å²) in [5.41, 5.74) is 2.99. The van der Waals surface area contributed by atoms with Crippen LogP contribution in [0.5, 0.6) is 0 Å². The molecule has 4 nitrogen and oxygen atoms in total. The third-order valence-electron chi connectivity index (χ3n) is 4.71. The first-order valence-corrected chi connectivity index (χ1v) is 8.35. The number of benzene rings is 1. The average molecular weight is 311 g/mol. The maximum Gasteiger partial charge on any atom is 0.270 e. The number of aromatic nitrogens is 1. The maximum absolute atomic E-state index is 12.9. The highest BCUT2D eigenvalue weighted by atomic mass is 16.2. The Labute approximate surface area is 138 Å². The average Bonchev–Trinajstić information content (AvgIpc) is 2.97. The summed E-state index contributed by atoms with van der Waals surface area (Å²) in [5.74, 6) is 0.710. The molecule has 0 bridgehead atoms. The number of carbonyl (C=O) groups excluding carboxylic acids is 1. The monoisotopic (exact) mass is 311 g/mol. The Morgan fingerprint density at radius 1 is 1.22 bits per heavy atom. The van der Waals surface area contributed by atoms with Crippen molar-refractivity contribution in [1.29, 1.82) is 0 Å². The van der Waals surface area contributed by atoms with Crippen LogP contribution in [0.3, 0.4) is 0 Å². The fourth-order valence-corrected chi connectivity index (χ4v) is 3.49. The van der Waals surface area contributed by atoms with E-state index >= 15 is 0 Å². The van der Waals surface area contributed by atoms with E-state index in [4.69, 9.17) is 0 Å². The number of hydrogen-bond donors (Lipinski definition) is 1. The molecule has 3 rings (SSSR count). The highest BCUT2D eigenvalue weighted by molar-refractivity contribution is 5.94. The lowest BCUT2D eigenvalue weighted by atomic mass is 9.98. The molecule has 1 atom stereocenters. The molecular weight excluding hydrogens is 286 g/mol. The molecular formula is C19H25N3O. The van der Waals surface area contributed by atoms with Crippen LogP contribution in [0.15, 0.2) is 42.5 Å². The van der Waals surface area contributed by atoms with E-state index < -0.39 is 0 Å². The summed E-state index contributed by atoms with van der Waals surface area (Å²) < 4.78 is 2.01. The Hall–Kier alpha value is -2.07. The quantitative estimate of drug-likeness (QED) is 0.943. The van der Waals surface area contributed by atoms with Crippen molar-refractivity contribution >= 4 is 5.91 Å². The van der Waals surface area contributed by atoms with E-state index in [-0.39, 0.29) is 5.91 Å². The summed E-state index contributed by atoms with van der Waals surface area (Å²) in [6.07, 6.45) is 2.29. The van der Waals surface area contributed by atoms with E-state index in [0.29, 0.717) is 5.92 Å². The number of nitrogens with zero attached hydrogens (tertiary/aromatic N) is 2. The smallest absolute Gasteiger partial charge is 0.270 e. The molecule has 122 valence electrons. The van der Waals surface area contributed by atoms with Crippen LogP contribution in [0.25, 0.3) is 11.3 Å². The van der Waals surface area contributed by atoms with Gasteiger partial charge in [-0.05, 0) is 50.0 Å². The molecule has 4 heteroatoms. The first-order chi connectivity index (χ1) is 11.2. The van der Waals surface area contributed by atoms with Gasteiger partial charge in [-0.3, -0.25) is 4.79 Å². The van der Waals surface area contributed by atoms with Gasteiger partial charge in [-0.25, -0.2) is 0 Å². The van der Waals surface area contributed by atoms with E-state index in [0.717, 1.165) is 43.0 Å². The number of rotatable bonds is 4. The molecule has 0 saturated carbocycles. The predicted octanol–water partition coefficient (Wildman–Crippen LogP) is 2.76. The number of piperidine rings is 1. The summed E-state index contributed by atoms with van der Waals surface area (Å²) in [5, 5.41) is 3.23. The van der Waals surface area contributed by atoms with Crippen molar-refractivity contribution in [3.8, 4) is 11.3 Å². The molecule has 1 N–H and O–H groups in total. The summed E-state index contributed by atoms with van der Waals surface area (Å²) in [6, 6.07) is 14.2. The fraction of sp³-hybridized carbons (Fsp3) is 0.421. The lowest BCUT2D eigenvalue weighted by Gasteiger charge is -2.32. The Morgan fingerprint density at radius 3 is 2.74 bits per heavy atom. The predicted molar refractivity (Wildman–Crippen MR) is 93.4 cm³/mol. The van der Waals surface area contributed by atoms with Gasteiger partial charge in [-0.1, -0.05) is 30.3 Å². The van der Waals surface area contributed by atoms with Gasteiger partial charge in [-0.2, -0.15) is 0 Å². The van der Waals surface area contributed by atoms with Crippen LogP contribution in [-0.2, 0) is 7.05 Å². The second-order valence-electron chi connectivity index (χ2n) is 6.35. The van der Waals surface area contributed by atoms with Crippen molar-refractivity contribution in [3.05, 3.63) is 48.2 Å². The van der Waals surface area contributed by atoms with E-state index in [9.17, 15) is 4.79 Å². The van der Waals surface area contributed by atoms with Crippen molar-refractivity contribution in [1.82, 2.24) is 14.8 Å². The van der Waals surface area contributed by atoms with Crippen molar-refractivity contribution in [3.63, 3.8) is 0 Å². The van der Waals surface area contributed by atoms with Crippen LogP contribution >= 0.6 is 0 Å². The third-order valence-corrected chi connectivity index (χ3v) is 4.71. The largest absolute Gasteiger partial charge is 0.340 e. The van der Waals surface area contributed by atoms with Gasteiger partial charge in [0.05, 0.1) is 0 Å². The topological polar surface area (TPSA) is 37.3 Å². The van der Waals surface area contributed by atoms with Gasteiger partial charge in [0.25, 0.3) is 5.91 Å². The number of hydrogen-bond acceptors (Lipinski definition) is 2. The molecule has 1 aliphatic heterocycles. The van der Waals surface area contributed by atoms with Crippen molar-refractivity contribution in [2.75, 3.05) is 26.7 Å². The Kier molecular flexibility index (Phi) is 4.82. The van der Waals surface area contributed by atoms with Gasteiger partial charge in [0.15, 0.2) is 0 Å².